The predicted octanol–water partition coefficient (Wildman–Crippen LogP) is 3.76. The van der Waals surface area contributed by atoms with Crippen LogP contribution in [0, 0.1) is 11.3 Å². The first-order valence-corrected chi connectivity index (χ1v) is 12.6. The molecular formula is C30H30N4O3. The van der Waals surface area contributed by atoms with Gasteiger partial charge in [-0.1, -0.05) is 72.8 Å². The summed E-state index contributed by atoms with van der Waals surface area (Å²) < 4.78 is 11.7. The van der Waals surface area contributed by atoms with Crippen LogP contribution in [-0.4, -0.2) is 61.1 Å². The normalized spacial score (nSPS) is 17.8. The van der Waals surface area contributed by atoms with Crippen LogP contribution in [0.2, 0.25) is 0 Å². The maximum atomic E-state index is 13.1. The molecule has 7 heteroatoms. The lowest BCUT2D eigenvalue weighted by molar-refractivity contribution is -0.128. The number of amides is 1. The fraction of sp³-hybridized carbons (Fsp3) is 0.267. The Morgan fingerprint density at radius 2 is 1.51 bits per heavy atom. The third kappa shape index (κ3) is 5.76. The van der Waals surface area contributed by atoms with Gasteiger partial charge in [0.1, 0.15) is 24.4 Å². The number of nitrogens with zero attached hydrogens (tertiary/aromatic N) is 3. The smallest absolute Gasteiger partial charge is 0.266 e. The van der Waals surface area contributed by atoms with Gasteiger partial charge in [0, 0.05) is 32.4 Å². The molecule has 1 saturated heterocycles. The number of nitriles is 1. The Morgan fingerprint density at radius 3 is 2.14 bits per heavy atom. The highest BCUT2D eigenvalue weighted by molar-refractivity contribution is 5.97. The molecule has 0 bridgehead atoms. The second-order valence-corrected chi connectivity index (χ2v) is 9.13. The summed E-state index contributed by atoms with van der Waals surface area (Å²) in [6.07, 6.45) is 1.28. The standard InChI is InChI=1S/C30H30N4O3/c31-19-25(20-32-21-26-22-36-27-13-7-8-14-28(27)37-26)30(35)34-17-15-33(16-18-34)29(23-9-3-1-4-10-23)24-11-5-2-6-12-24/h1-14,20,26,29,32H,15-18,21-22H2/b25-20-. The summed E-state index contributed by atoms with van der Waals surface area (Å²) in [5.41, 5.74) is 2.55. The van der Waals surface area contributed by atoms with Gasteiger partial charge in [-0.2, -0.15) is 5.26 Å². The van der Waals surface area contributed by atoms with E-state index in [9.17, 15) is 10.1 Å². The minimum atomic E-state index is -0.253. The number of carbonyl (C=O) groups excluding carboxylic acids is 1. The molecule has 0 aliphatic carbocycles. The molecule has 0 saturated carbocycles. The number of ether oxygens (including phenoxy) is 2. The molecule has 2 aliphatic rings. The summed E-state index contributed by atoms with van der Waals surface area (Å²) in [6, 6.07) is 30.6. The molecule has 188 valence electrons. The Labute approximate surface area is 217 Å². The highest BCUT2D eigenvalue weighted by atomic mass is 16.6. The van der Waals surface area contributed by atoms with Gasteiger partial charge in [-0.25, -0.2) is 0 Å². The lowest BCUT2D eigenvalue weighted by Crippen LogP contribution is -2.50. The lowest BCUT2D eigenvalue weighted by Gasteiger charge is -2.39. The maximum Gasteiger partial charge on any atom is 0.266 e. The van der Waals surface area contributed by atoms with E-state index in [1.165, 1.54) is 17.3 Å². The van der Waals surface area contributed by atoms with Crippen LogP contribution in [0.25, 0.3) is 0 Å². The zero-order chi connectivity index (χ0) is 25.5. The van der Waals surface area contributed by atoms with Gasteiger partial charge in [0.2, 0.25) is 0 Å². The number of nitrogens with one attached hydrogen (secondary N) is 1. The number of fused-ring (bicyclic) bond motifs is 1. The Morgan fingerprint density at radius 1 is 0.919 bits per heavy atom. The second kappa shape index (κ2) is 11.6. The fourth-order valence-corrected chi connectivity index (χ4v) is 4.84. The van der Waals surface area contributed by atoms with Gasteiger partial charge >= 0.3 is 0 Å². The van der Waals surface area contributed by atoms with Gasteiger partial charge in [-0.05, 0) is 23.3 Å². The third-order valence-electron chi connectivity index (χ3n) is 6.71. The summed E-state index contributed by atoms with van der Waals surface area (Å²) in [7, 11) is 0. The van der Waals surface area contributed by atoms with Crippen LogP contribution in [-0.2, 0) is 4.79 Å². The number of piperazine rings is 1. The highest BCUT2D eigenvalue weighted by Crippen LogP contribution is 2.31. The van der Waals surface area contributed by atoms with E-state index in [0.29, 0.717) is 32.0 Å². The molecule has 5 rings (SSSR count). The first-order valence-electron chi connectivity index (χ1n) is 12.6. The molecule has 0 radical (unpaired) electrons. The van der Waals surface area contributed by atoms with Crippen LogP contribution in [0.15, 0.2) is 96.7 Å². The summed E-state index contributed by atoms with van der Waals surface area (Å²) in [5.74, 6) is 1.17. The van der Waals surface area contributed by atoms with Crippen LogP contribution in [0.3, 0.4) is 0 Å². The number of rotatable bonds is 7. The molecule has 0 aromatic heterocycles. The van der Waals surface area contributed by atoms with E-state index in [1.54, 1.807) is 4.90 Å². The topological polar surface area (TPSA) is 77.8 Å². The van der Waals surface area contributed by atoms with E-state index in [4.69, 9.17) is 9.47 Å². The average molecular weight is 495 g/mol. The van der Waals surface area contributed by atoms with Crippen molar-refractivity contribution >= 4 is 5.91 Å². The zero-order valence-electron chi connectivity index (χ0n) is 20.6. The van der Waals surface area contributed by atoms with Gasteiger partial charge in [-0.3, -0.25) is 9.69 Å². The molecule has 7 nitrogen and oxygen atoms in total. The number of hydrogen-bond acceptors (Lipinski definition) is 6. The SMILES string of the molecule is N#C/C(=C/NCC1COc2ccccc2O1)C(=O)N1CCN(C(c2ccccc2)c2ccccc2)CC1. The Hall–Kier alpha value is -4.28. The molecule has 1 amide bonds. The van der Waals surface area contributed by atoms with E-state index in [1.807, 2.05) is 36.4 Å². The minimum absolute atomic E-state index is 0.0910. The van der Waals surface area contributed by atoms with Crippen LogP contribution >= 0.6 is 0 Å². The van der Waals surface area contributed by atoms with Crippen molar-refractivity contribution in [3.63, 3.8) is 0 Å². The first-order chi connectivity index (χ1) is 18.2. The summed E-state index contributed by atoms with van der Waals surface area (Å²) in [6.45, 7) is 3.39. The summed E-state index contributed by atoms with van der Waals surface area (Å²) >= 11 is 0. The van der Waals surface area contributed by atoms with Gasteiger partial charge in [-0.15, -0.1) is 0 Å². The highest BCUT2D eigenvalue weighted by Gasteiger charge is 2.29. The fourth-order valence-electron chi connectivity index (χ4n) is 4.84. The van der Waals surface area contributed by atoms with Crippen molar-refractivity contribution in [2.75, 3.05) is 39.3 Å². The van der Waals surface area contributed by atoms with E-state index >= 15 is 0 Å². The van der Waals surface area contributed by atoms with Crippen molar-refractivity contribution in [2.24, 2.45) is 0 Å². The van der Waals surface area contributed by atoms with Crippen LogP contribution in [0.4, 0.5) is 0 Å². The van der Waals surface area contributed by atoms with E-state index < -0.39 is 0 Å². The van der Waals surface area contributed by atoms with Crippen molar-refractivity contribution in [2.45, 2.75) is 12.1 Å². The van der Waals surface area contributed by atoms with Crippen LogP contribution in [0.5, 0.6) is 11.5 Å². The average Bonchev–Trinajstić information content (AvgIpc) is 2.97. The van der Waals surface area contributed by atoms with Crippen molar-refractivity contribution in [1.29, 1.82) is 5.26 Å². The van der Waals surface area contributed by atoms with E-state index in [0.717, 1.165) is 18.8 Å². The Balaban J connectivity index is 1.18. The molecule has 1 N–H and O–H groups in total. The Bertz CT molecular complexity index is 1230. The molecule has 1 atom stereocenters. The summed E-state index contributed by atoms with van der Waals surface area (Å²) in [5, 5.41) is 12.7. The molecule has 1 unspecified atom stereocenters. The number of benzene rings is 3. The summed E-state index contributed by atoms with van der Waals surface area (Å²) in [4.78, 5) is 17.3. The van der Waals surface area contributed by atoms with Crippen molar-refractivity contribution in [1.82, 2.24) is 15.1 Å². The molecule has 3 aromatic carbocycles. The van der Waals surface area contributed by atoms with Gasteiger partial charge in [0.15, 0.2) is 11.5 Å². The van der Waals surface area contributed by atoms with Crippen molar-refractivity contribution in [3.05, 3.63) is 108 Å². The van der Waals surface area contributed by atoms with Gasteiger partial charge < -0.3 is 19.7 Å². The third-order valence-corrected chi connectivity index (χ3v) is 6.71. The minimum Gasteiger partial charge on any atom is -0.486 e. The quantitative estimate of drug-likeness (QED) is 0.398. The maximum absolute atomic E-state index is 13.1. The first kappa shape index (κ1) is 24.4. The number of carbonyl (C=O) groups is 1. The number of para-hydroxylation sites is 2. The second-order valence-electron chi connectivity index (χ2n) is 9.13. The monoisotopic (exact) mass is 494 g/mol. The molecule has 1 fully saturated rings. The lowest BCUT2D eigenvalue weighted by atomic mass is 9.96. The van der Waals surface area contributed by atoms with E-state index in [2.05, 4.69) is 64.8 Å². The van der Waals surface area contributed by atoms with E-state index in [-0.39, 0.29) is 23.6 Å². The van der Waals surface area contributed by atoms with Crippen LogP contribution < -0.4 is 14.8 Å². The predicted molar refractivity (Wildman–Crippen MR) is 141 cm³/mol. The molecule has 0 spiro atoms. The molecular weight excluding hydrogens is 464 g/mol. The van der Waals surface area contributed by atoms with Crippen LogP contribution in [0.1, 0.15) is 17.2 Å². The van der Waals surface area contributed by atoms with Gasteiger partial charge in [0.05, 0.1) is 12.6 Å². The van der Waals surface area contributed by atoms with Crippen molar-refractivity contribution in [3.8, 4) is 17.6 Å². The largest absolute Gasteiger partial charge is 0.486 e. The molecule has 3 aromatic rings. The molecule has 2 aliphatic heterocycles. The molecule has 37 heavy (non-hydrogen) atoms. The van der Waals surface area contributed by atoms with Crippen molar-refractivity contribution < 1.29 is 14.3 Å². The zero-order valence-corrected chi connectivity index (χ0v) is 20.6. The van der Waals surface area contributed by atoms with Gasteiger partial charge in [0.25, 0.3) is 5.91 Å². The number of hydrogen-bond donors (Lipinski definition) is 1. The molecule has 2 heterocycles. The Kier molecular flexibility index (Phi) is 7.68.